The first-order valence-corrected chi connectivity index (χ1v) is 7.03. The second-order valence-corrected chi connectivity index (χ2v) is 4.91. The van der Waals surface area contributed by atoms with E-state index in [2.05, 4.69) is 15.3 Å². The van der Waals surface area contributed by atoms with Gasteiger partial charge >= 0.3 is 0 Å². The zero-order valence-corrected chi connectivity index (χ0v) is 12.8. The molecule has 0 unspecified atom stereocenters. The number of carbonyl (C=O) groups is 1. The Morgan fingerprint density at radius 1 is 1.55 bits per heavy atom. The number of aliphatic imine (C=N–C) groups is 1. The largest absolute Gasteiger partial charge is 0.491 e. The molecule has 118 valence electrons. The summed E-state index contributed by atoms with van der Waals surface area (Å²) < 4.78 is 5.58. The van der Waals surface area contributed by atoms with E-state index in [4.69, 9.17) is 27.2 Å². The van der Waals surface area contributed by atoms with Crippen LogP contribution in [0.3, 0.4) is 0 Å². The molecule has 1 aromatic heterocycles. The maximum Gasteiger partial charge on any atom is 0.274 e. The van der Waals surface area contributed by atoms with E-state index < -0.39 is 5.91 Å². The molecular weight excluding hydrogens is 308 g/mol. The first-order valence-electron chi connectivity index (χ1n) is 6.65. The maximum absolute atomic E-state index is 12.0. The Labute approximate surface area is 132 Å². The van der Waals surface area contributed by atoms with Crippen LogP contribution in [0, 0.1) is 0 Å². The summed E-state index contributed by atoms with van der Waals surface area (Å²) in [5.41, 5.74) is 6.38. The lowest BCUT2D eigenvalue weighted by Gasteiger charge is -2.07. The van der Waals surface area contributed by atoms with Crippen molar-refractivity contribution in [2.45, 2.75) is 6.42 Å². The van der Waals surface area contributed by atoms with Crippen LogP contribution < -0.4 is 15.8 Å². The number of aromatic nitrogens is 1. The Balaban J connectivity index is 2.33. The van der Waals surface area contributed by atoms with Crippen LogP contribution in [0.1, 0.15) is 16.9 Å². The van der Waals surface area contributed by atoms with E-state index in [1.807, 2.05) is 0 Å². The first-order chi connectivity index (χ1) is 10.6. The molecule has 0 aliphatic carbocycles. The molecule has 1 heterocycles. The third-order valence-corrected chi connectivity index (χ3v) is 3.32. The molecule has 0 atom stereocenters. The van der Waals surface area contributed by atoms with Crippen LogP contribution in [0.25, 0.3) is 10.9 Å². The van der Waals surface area contributed by atoms with Crippen LogP contribution in [0.2, 0.25) is 5.02 Å². The molecule has 22 heavy (non-hydrogen) atoms. The highest BCUT2D eigenvalue weighted by atomic mass is 35.5. The van der Waals surface area contributed by atoms with Crippen LogP contribution >= 0.6 is 11.6 Å². The number of aromatic amines is 1. The van der Waals surface area contributed by atoms with Crippen LogP contribution in [0.15, 0.2) is 23.2 Å². The third kappa shape index (κ3) is 3.49. The normalized spacial score (nSPS) is 11.7. The van der Waals surface area contributed by atoms with Gasteiger partial charge in [0, 0.05) is 25.5 Å². The van der Waals surface area contributed by atoms with Crippen molar-refractivity contribution >= 4 is 34.4 Å². The average molecular weight is 325 g/mol. The number of benzene rings is 1. The molecule has 0 aliphatic heterocycles. The molecule has 0 bridgehead atoms. The van der Waals surface area contributed by atoms with Crippen LogP contribution in [0.4, 0.5) is 0 Å². The van der Waals surface area contributed by atoms with Crippen molar-refractivity contribution in [3.8, 4) is 5.75 Å². The van der Waals surface area contributed by atoms with Crippen molar-refractivity contribution in [3.63, 3.8) is 0 Å². The molecule has 0 saturated carbocycles. The minimum absolute atomic E-state index is 0.0224. The summed E-state index contributed by atoms with van der Waals surface area (Å²) in [4.78, 5) is 18.7. The van der Waals surface area contributed by atoms with Gasteiger partial charge in [0.05, 0.1) is 17.1 Å². The lowest BCUT2D eigenvalue weighted by Crippen LogP contribution is -2.36. The van der Waals surface area contributed by atoms with Gasteiger partial charge in [-0.3, -0.25) is 15.1 Å². The number of hydrogen-bond donors (Lipinski definition) is 4. The summed E-state index contributed by atoms with van der Waals surface area (Å²) in [5.74, 6) is 0.162. The number of rotatable bonds is 5. The number of aliphatic hydroxyl groups excluding tert-OH is 1. The summed E-state index contributed by atoms with van der Waals surface area (Å²) in [7, 11) is 1.48. The lowest BCUT2D eigenvalue weighted by atomic mass is 10.2. The Morgan fingerprint density at radius 2 is 2.32 bits per heavy atom. The molecule has 1 aromatic carbocycles. The molecule has 0 saturated heterocycles. The van der Waals surface area contributed by atoms with Gasteiger partial charge in [0.1, 0.15) is 11.4 Å². The van der Waals surface area contributed by atoms with Crippen LogP contribution in [0.5, 0.6) is 5.75 Å². The van der Waals surface area contributed by atoms with Crippen molar-refractivity contribution < 1.29 is 14.6 Å². The molecule has 0 spiro atoms. The molecular formula is C14H17ClN4O3. The molecule has 2 aromatic rings. The summed E-state index contributed by atoms with van der Waals surface area (Å²) in [6.07, 6.45) is 0.516. The zero-order valence-electron chi connectivity index (χ0n) is 12.0. The van der Waals surface area contributed by atoms with E-state index in [-0.39, 0.29) is 12.6 Å². The van der Waals surface area contributed by atoms with Gasteiger partial charge in [0.25, 0.3) is 5.91 Å². The number of nitrogens with zero attached hydrogens (tertiary/aromatic N) is 1. The summed E-state index contributed by atoms with van der Waals surface area (Å²) >= 11 is 6.15. The lowest BCUT2D eigenvalue weighted by molar-refractivity contribution is 0.0972. The number of fused-ring (bicyclic) bond motifs is 1. The molecule has 5 N–H and O–H groups in total. The smallest absolute Gasteiger partial charge is 0.274 e. The van der Waals surface area contributed by atoms with Gasteiger partial charge in [0.2, 0.25) is 0 Å². The van der Waals surface area contributed by atoms with Gasteiger partial charge in [-0.15, -0.1) is 0 Å². The molecule has 0 radical (unpaired) electrons. The number of nitrogens with one attached hydrogen (secondary N) is 2. The number of hydrogen-bond acceptors (Lipinski definition) is 4. The highest BCUT2D eigenvalue weighted by Crippen LogP contribution is 2.31. The van der Waals surface area contributed by atoms with E-state index in [1.54, 1.807) is 18.2 Å². The second-order valence-electron chi connectivity index (χ2n) is 4.51. The van der Waals surface area contributed by atoms with Crippen molar-refractivity contribution in [2.24, 2.45) is 10.7 Å². The van der Waals surface area contributed by atoms with Gasteiger partial charge in [0.15, 0.2) is 5.96 Å². The van der Waals surface area contributed by atoms with Gasteiger partial charge in [-0.05, 0) is 18.2 Å². The third-order valence-electron chi connectivity index (χ3n) is 2.99. The number of halogens is 1. The highest BCUT2D eigenvalue weighted by molar-refractivity contribution is 6.35. The Hall–Kier alpha value is -2.25. The van der Waals surface area contributed by atoms with Crippen LogP contribution in [-0.2, 0) is 0 Å². The van der Waals surface area contributed by atoms with Crippen LogP contribution in [-0.4, -0.2) is 42.2 Å². The fourth-order valence-corrected chi connectivity index (χ4v) is 2.10. The predicted octanol–water partition coefficient (Wildman–Crippen LogP) is 1.26. The van der Waals surface area contributed by atoms with E-state index in [0.29, 0.717) is 40.4 Å². The van der Waals surface area contributed by atoms with E-state index in [1.165, 1.54) is 7.05 Å². The summed E-state index contributed by atoms with van der Waals surface area (Å²) in [6, 6.07) is 5.02. The minimum Gasteiger partial charge on any atom is -0.491 e. The molecule has 7 nitrogen and oxygen atoms in total. The maximum atomic E-state index is 12.0. The number of guanidine groups is 1. The van der Waals surface area contributed by atoms with Gasteiger partial charge in [-0.25, -0.2) is 0 Å². The van der Waals surface area contributed by atoms with E-state index in [9.17, 15) is 4.79 Å². The first kappa shape index (κ1) is 16.1. The topological polar surface area (TPSA) is 113 Å². The van der Waals surface area contributed by atoms with E-state index in [0.717, 1.165) is 0 Å². The molecule has 0 fully saturated rings. The quantitative estimate of drug-likeness (QED) is 0.376. The standard InChI is InChI=1S/C14H17ClN4O3/c1-17-14(16)19-13(21)10-7-8-9(15)3-4-11(12(8)18-10)22-6-2-5-20/h3-4,7,18,20H,2,5-6H2,1H3,(H3,16,17,19,21). The Kier molecular flexibility index (Phi) is 5.24. The number of nitrogens with two attached hydrogens (primary N) is 1. The number of amides is 1. The molecule has 8 heteroatoms. The second kappa shape index (κ2) is 7.15. The fraction of sp³-hybridized carbons (Fsp3) is 0.286. The molecule has 0 aliphatic rings. The highest BCUT2D eigenvalue weighted by Gasteiger charge is 2.15. The van der Waals surface area contributed by atoms with Crippen molar-refractivity contribution in [2.75, 3.05) is 20.3 Å². The molecule has 1 amide bonds. The van der Waals surface area contributed by atoms with Crippen molar-refractivity contribution in [1.82, 2.24) is 10.3 Å². The fourth-order valence-electron chi connectivity index (χ4n) is 1.89. The summed E-state index contributed by atoms with van der Waals surface area (Å²) in [6.45, 7) is 0.411. The van der Waals surface area contributed by atoms with Crippen molar-refractivity contribution in [1.29, 1.82) is 0 Å². The SMILES string of the molecule is CN=C(N)NC(=O)c1cc2c(Cl)ccc(OCCCO)c2[nH]1. The number of carbonyl (C=O) groups excluding carboxylic acids is 1. The minimum atomic E-state index is -0.420. The Bertz CT molecular complexity index is 711. The summed E-state index contributed by atoms with van der Waals surface area (Å²) in [5, 5.41) is 12.4. The van der Waals surface area contributed by atoms with Gasteiger partial charge < -0.3 is 20.6 Å². The number of H-pyrrole nitrogens is 1. The molecule has 2 rings (SSSR count). The zero-order chi connectivity index (χ0) is 16.1. The number of ether oxygens (including phenoxy) is 1. The monoisotopic (exact) mass is 324 g/mol. The van der Waals surface area contributed by atoms with Gasteiger partial charge in [-0.1, -0.05) is 11.6 Å². The van der Waals surface area contributed by atoms with E-state index >= 15 is 0 Å². The number of aliphatic hydroxyl groups is 1. The van der Waals surface area contributed by atoms with Gasteiger partial charge in [-0.2, -0.15) is 0 Å². The Morgan fingerprint density at radius 3 is 3.00 bits per heavy atom. The predicted molar refractivity (Wildman–Crippen MR) is 85.5 cm³/mol. The average Bonchev–Trinajstić information content (AvgIpc) is 2.96. The van der Waals surface area contributed by atoms with Crippen molar-refractivity contribution in [3.05, 3.63) is 28.9 Å².